The largest absolute Gasteiger partial charge is 0.411 e. The summed E-state index contributed by atoms with van der Waals surface area (Å²) in [5, 5.41) is 21.3. The Morgan fingerprint density at radius 1 is 0.727 bits per heavy atom. The van der Waals surface area contributed by atoms with Gasteiger partial charge < -0.3 is 33.3 Å². The molecule has 0 radical (unpaired) electrons. The van der Waals surface area contributed by atoms with Gasteiger partial charge in [-0.2, -0.15) is 0 Å². The van der Waals surface area contributed by atoms with E-state index in [1.54, 1.807) is 0 Å². The van der Waals surface area contributed by atoms with Gasteiger partial charge >= 0.3 is 0 Å². The average molecular weight is 507 g/mol. The highest BCUT2D eigenvalue weighted by Gasteiger charge is 2.48. The lowest BCUT2D eigenvalue weighted by atomic mass is 10.0. The van der Waals surface area contributed by atoms with Crippen LogP contribution in [-0.2, 0) is 23.1 Å². The molecule has 2 aliphatic heterocycles. The van der Waals surface area contributed by atoms with E-state index in [0.29, 0.717) is 12.8 Å². The monoisotopic (exact) mass is 506 g/mol. The lowest BCUT2D eigenvalue weighted by Gasteiger charge is -2.48. The molecule has 7 nitrogen and oxygen atoms in total. The molecule has 0 aromatic rings. The fourth-order valence-corrected chi connectivity index (χ4v) is 6.58. The highest BCUT2D eigenvalue weighted by Crippen LogP contribution is 2.41. The summed E-state index contributed by atoms with van der Waals surface area (Å²) >= 11 is 0. The second kappa shape index (κ2) is 10.3. The SMILES string of the molecule is C[C@H]1O[C@@H](O)C[C@@H](O[Si](C)(C)C(C)(C)C)[C@@H]1O[C@H]1C[C@@H](O)[C@H](O[Si](C)(C)C(C)(C)C)[C@@H](C)O1. The van der Waals surface area contributed by atoms with Gasteiger partial charge in [-0.25, -0.2) is 0 Å². The normalized spacial score (nSPS) is 37.3. The molecule has 0 unspecified atom stereocenters. The number of hydrogen-bond acceptors (Lipinski definition) is 7. The minimum Gasteiger partial charge on any atom is -0.411 e. The first-order valence-corrected chi connectivity index (χ1v) is 18.2. The second-order valence-electron chi connectivity index (χ2n) is 13.0. The molecular formula is C24H50O7Si2. The molecule has 2 N–H and O–H groups in total. The van der Waals surface area contributed by atoms with E-state index in [1.807, 2.05) is 13.8 Å². The number of ether oxygens (including phenoxy) is 3. The first kappa shape index (κ1) is 29.4. The van der Waals surface area contributed by atoms with Crippen molar-refractivity contribution >= 4 is 16.6 Å². The van der Waals surface area contributed by atoms with Gasteiger partial charge in [-0.05, 0) is 50.1 Å². The molecule has 0 aliphatic carbocycles. The molecule has 9 heteroatoms. The molecule has 8 atom stereocenters. The molecule has 196 valence electrons. The second-order valence-corrected chi connectivity index (χ2v) is 22.5. The Morgan fingerprint density at radius 2 is 1.21 bits per heavy atom. The van der Waals surface area contributed by atoms with E-state index in [2.05, 4.69) is 67.7 Å². The van der Waals surface area contributed by atoms with Crippen molar-refractivity contribution in [2.75, 3.05) is 0 Å². The minimum absolute atomic E-state index is 0.0321. The average Bonchev–Trinajstić information content (AvgIpc) is 2.59. The van der Waals surface area contributed by atoms with Crippen molar-refractivity contribution in [3.05, 3.63) is 0 Å². The summed E-state index contributed by atoms with van der Waals surface area (Å²) in [6.45, 7) is 25.7. The Kier molecular flexibility index (Phi) is 9.13. The van der Waals surface area contributed by atoms with Crippen molar-refractivity contribution in [3.8, 4) is 0 Å². The highest BCUT2D eigenvalue weighted by atomic mass is 28.4. The number of rotatable bonds is 6. The van der Waals surface area contributed by atoms with E-state index in [1.165, 1.54) is 0 Å². The van der Waals surface area contributed by atoms with E-state index in [9.17, 15) is 10.2 Å². The Labute approximate surface area is 203 Å². The van der Waals surface area contributed by atoms with Crippen molar-refractivity contribution in [1.82, 2.24) is 0 Å². The van der Waals surface area contributed by atoms with Crippen LogP contribution in [0.4, 0.5) is 0 Å². The van der Waals surface area contributed by atoms with E-state index < -0.39 is 41.4 Å². The molecule has 0 bridgehead atoms. The molecule has 2 rings (SSSR count). The molecule has 2 heterocycles. The first-order valence-electron chi connectivity index (χ1n) is 12.4. The van der Waals surface area contributed by atoms with Crippen LogP contribution in [0.2, 0.25) is 36.3 Å². The van der Waals surface area contributed by atoms with Gasteiger partial charge in [-0.1, -0.05) is 41.5 Å². The third-order valence-corrected chi connectivity index (χ3v) is 17.1. The van der Waals surface area contributed by atoms with Gasteiger partial charge in [0.1, 0.15) is 6.10 Å². The summed E-state index contributed by atoms with van der Waals surface area (Å²) in [6.07, 6.45) is -3.23. The molecule has 2 fully saturated rings. The van der Waals surface area contributed by atoms with Crippen molar-refractivity contribution in [2.24, 2.45) is 0 Å². The molecular weight excluding hydrogens is 456 g/mol. The molecule has 0 aromatic heterocycles. The predicted octanol–water partition coefficient (Wildman–Crippen LogP) is 4.78. The number of aliphatic hydroxyl groups is 2. The van der Waals surface area contributed by atoms with E-state index >= 15 is 0 Å². The maximum Gasteiger partial charge on any atom is 0.192 e. The minimum atomic E-state index is -2.09. The Morgan fingerprint density at radius 3 is 1.70 bits per heavy atom. The van der Waals surface area contributed by atoms with Crippen LogP contribution in [-0.4, -0.2) is 76.1 Å². The van der Waals surface area contributed by atoms with Gasteiger partial charge in [0, 0.05) is 12.8 Å². The number of hydrogen-bond donors (Lipinski definition) is 2. The third-order valence-electron chi connectivity index (χ3n) is 8.08. The van der Waals surface area contributed by atoms with Crippen LogP contribution in [0.3, 0.4) is 0 Å². The quantitative estimate of drug-likeness (QED) is 0.502. The first-order chi connectivity index (χ1) is 14.7. The van der Waals surface area contributed by atoms with Crippen molar-refractivity contribution < 1.29 is 33.3 Å². The van der Waals surface area contributed by atoms with Crippen LogP contribution < -0.4 is 0 Å². The molecule has 2 saturated heterocycles. The zero-order chi connectivity index (χ0) is 25.6. The summed E-state index contributed by atoms with van der Waals surface area (Å²) in [6, 6.07) is 0. The lowest BCUT2D eigenvalue weighted by molar-refractivity contribution is -0.303. The maximum absolute atomic E-state index is 11.0. The zero-order valence-electron chi connectivity index (χ0n) is 23.0. The Hall–Kier alpha value is 0.154. The number of aliphatic hydroxyl groups excluding tert-OH is 2. The fourth-order valence-electron chi connectivity index (χ4n) is 3.86. The summed E-state index contributed by atoms with van der Waals surface area (Å²) in [5.74, 6) is 0. The van der Waals surface area contributed by atoms with E-state index in [0.717, 1.165) is 0 Å². The van der Waals surface area contributed by atoms with Crippen molar-refractivity contribution in [2.45, 2.75) is 154 Å². The van der Waals surface area contributed by atoms with Gasteiger partial charge in [-0.3, -0.25) is 0 Å². The third kappa shape index (κ3) is 7.10. The smallest absolute Gasteiger partial charge is 0.192 e. The van der Waals surface area contributed by atoms with Crippen LogP contribution in [0.25, 0.3) is 0 Å². The van der Waals surface area contributed by atoms with Crippen molar-refractivity contribution in [3.63, 3.8) is 0 Å². The molecule has 0 spiro atoms. The highest BCUT2D eigenvalue weighted by molar-refractivity contribution is 6.74. The van der Waals surface area contributed by atoms with Gasteiger partial charge in [0.15, 0.2) is 29.2 Å². The maximum atomic E-state index is 11.0. The van der Waals surface area contributed by atoms with Gasteiger partial charge in [0.25, 0.3) is 0 Å². The van der Waals surface area contributed by atoms with Gasteiger partial charge in [0.2, 0.25) is 0 Å². The summed E-state index contributed by atoms with van der Waals surface area (Å²) in [5.41, 5.74) is 0. The van der Waals surface area contributed by atoms with Crippen LogP contribution in [0.1, 0.15) is 68.2 Å². The summed E-state index contributed by atoms with van der Waals surface area (Å²) < 4.78 is 31.4. The molecule has 33 heavy (non-hydrogen) atoms. The van der Waals surface area contributed by atoms with Gasteiger partial charge in [0.05, 0.1) is 30.5 Å². The lowest BCUT2D eigenvalue weighted by Crippen LogP contribution is -2.58. The molecule has 0 saturated carbocycles. The summed E-state index contributed by atoms with van der Waals surface area (Å²) in [4.78, 5) is 0. The molecule has 2 aliphatic rings. The molecule has 0 amide bonds. The van der Waals surface area contributed by atoms with Crippen LogP contribution in [0.5, 0.6) is 0 Å². The van der Waals surface area contributed by atoms with Crippen LogP contribution in [0, 0.1) is 0 Å². The fraction of sp³-hybridized carbons (Fsp3) is 1.00. The Balaban J connectivity index is 2.11. The van der Waals surface area contributed by atoms with Crippen molar-refractivity contribution in [1.29, 1.82) is 0 Å². The predicted molar refractivity (Wildman–Crippen MR) is 135 cm³/mol. The van der Waals surface area contributed by atoms with Crippen LogP contribution in [0.15, 0.2) is 0 Å². The van der Waals surface area contributed by atoms with E-state index in [4.69, 9.17) is 23.1 Å². The topological polar surface area (TPSA) is 86.6 Å². The summed E-state index contributed by atoms with van der Waals surface area (Å²) in [7, 11) is -4.15. The standard InChI is InChI=1S/C24H50O7Si2/c1-15-21(31-33(11,12)24(6,7)8)17(25)13-20(28-15)29-22-16(2)27-19(26)14-18(22)30-32(9,10)23(3,4)5/h15-22,25-26H,13-14H2,1-12H3/t15-,16-,17-,18-,19-,20+,21-,22-/m1/s1. The van der Waals surface area contributed by atoms with Gasteiger partial charge in [-0.15, -0.1) is 0 Å². The van der Waals surface area contributed by atoms with Crippen LogP contribution >= 0.6 is 0 Å². The molecule has 0 aromatic carbocycles. The Bertz CT molecular complexity index is 632. The zero-order valence-corrected chi connectivity index (χ0v) is 25.0. The van der Waals surface area contributed by atoms with E-state index in [-0.39, 0.29) is 34.5 Å².